The van der Waals surface area contributed by atoms with Crippen LogP contribution in [0.25, 0.3) is 0 Å². The summed E-state index contributed by atoms with van der Waals surface area (Å²) in [5.74, 6) is 0. The molecule has 23 heavy (non-hydrogen) atoms. The molecule has 0 saturated carbocycles. The molecule has 0 bridgehead atoms. The molecule has 1 aromatic carbocycles. The van der Waals surface area contributed by atoms with Crippen molar-refractivity contribution in [2.24, 2.45) is 0 Å². The first-order valence-corrected chi connectivity index (χ1v) is 9.07. The number of aryl methyl sites for hydroxylation is 2. The first-order valence-electron chi connectivity index (χ1n) is 7.25. The number of halogens is 1. The zero-order valence-corrected chi connectivity index (χ0v) is 14.5. The lowest BCUT2D eigenvalue weighted by atomic mass is 10.2. The van der Waals surface area contributed by atoms with Gasteiger partial charge in [0, 0.05) is 18.1 Å². The van der Waals surface area contributed by atoms with Crippen molar-refractivity contribution in [3.05, 3.63) is 46.2 Å². The van der Waals surface area contributed by atoms with Gasteiger partial charge in [-0.3, -0.25) is 5.10 Å². The van der Waals surface area contributed by atoms with Crippen molar-refractivity contribution in [2.45, 2.75) is 31.5 Å². The Kier molecular flexibility index (Phi) is 4.46. The number of hydrogen-bond acceptors (Lipinski definition) is 4. The molecule has 8 heteroatoms. The Morgan fingerprint density at radius 1 is 1.30 bits per heavy atom. The van der Waals surface area contributed by atoms with Crippen molar-refractivity contribution in [1.29, 1.82) is 0 Å². The van der Waals surface area contributed by atoms with Gasteiger partial charge in [0.1, 0.15) is 4.90 Å². The SMILES string of the molecule is Cc1n[nH]c(C)c1S(=O)(=O)N1CC(OCc2ccc(Cl)cc2)C1. The number of aromatic nitrogens is 2. The smallest absolute Gasteiger partial charge is 0.246 e. The molecule has 1 aliphatic rings. The van der Waals surface area contributed by atoms with Crippen molar-refractivity contribution in [3.8, 4) is 0 Å². The summed E-state index contributed by atoms with van der Waals surface area (Å²) in [5.41, 5.74) is 2.07. The number of sulfonamides is 1. The van der Waals surface area contributed by atoms with Crippen LogP contribution in [-0.2, 0) is 21.4 Å². The molecule has 1 fully saturated rings. The lowest BCUT2D eigenvalue weighted by Crippen LogP contribution is -2.54. The van der Waals surface area contributed by atoms with Crippen LogP contribution in [0.3, 0.4) is 0 Å². The largest absolute Gasteiger partial charge is 0.371 e. The van der Waals surface area contributed by atoms with E-state index in [4.69, 9.17) is 16.3 Å². The summed E-state index contributed by atoms with van der Waals surface area (Å²) < 4.78 is 32.3. The Morgan fingerprint density at radius 3 is 2.52 bits per heavy atom. The van der Waals surface area contributed by atoms with Crippen LogP contribution in [0.1, 0.15) is 17.0 Å². The van der Waals surface area contributed by atoms with Crippen molar-refractivity contribution in [3.63, 3.8) is 0 Å². The van der Waals surface area contributed by atoms with E-state index in [1.54, 1.807) is 13.8 Å². The minimum Gasteiger partial charge on any atom is -0.371 e. The molecule has 2 heterocycles. The standard InChI is InChI=1S/C15H18ClN3O3S/c1-10-15(11(2)18-17-10)23(20,21)19-7-14(8-19)22-9-12-3-5-13(16)6-4-12/h3-6,14H,7-9H2,1-2H3,(H,17,18). The molecule has 2 aromatic rings. The van der Waals surface area contributed by atoms with E-state index in [-0.39, 0.29) is 11.0 Å². The molecule has 0 aliphatic carbocycles. The molecule has 1 N–H and O–H groups in total. The predicted octanol–water partition coefficient (Wildman–Crippen LogP) is 2.27. The minimum absolute atomic E-state index is 0.0898. The molecule has 3 rings (SSSR count). The van der Waals surface area contributed by atoms with E-state index >= 15 is 0 Å². The number of benzene rings is 1. The van der Waals surface area contributed by atoms with E-state index in [0.29, 0.717) is 36.1 Å². The Hall–Kier alpha value is -1.41. The summed E-state index contributed by atoms with van der Waals surface area (Å²) in [6.45, 7) is 4.56. The van der Waals surface area contributed by atoms with Gasteiger partial charge in [-0.05, 0) is 31.5 Å². The van der Waals surface area contributed by atoms with E-state index < -0.39 is 10.0 Å². The number of rotatable bonds is 5. The second kappa shape index (κ2) is 6.24. The molecule has 0 amide bonds. The van der Waals surface area contributed by atoms with Gasteiger partial charge in [-0.15, -0.1) is 0 Å². The fourth-order valence-electron chi connectivity index (χ4n) is 2.55. The number of hydrogen-bond donors (Lipinski definition) is 1. The Balaban J connectivity index is 1.57. The van der Waals surface area contributed by atoms with Crippen LogP contribution in [-0.4, -0.2) is 42.1 Å². The molecule has 1 saturated heterocycles. The highest BCUT2D eigenvalue weighted by Crippen LogP contribution is 2.27. The first-order chi connectivity index (χ1) is 10.9. The molecule has 124 valence electrons. The summed E-state index contributed by atoms with van der Waals surface area (Å²) in [7, 11) is -3.50. The highest BCUT2D eigenvalue weighted by atomic mass is 35.5. The van der Waals surface area contributed by atoms with Gasteiger partial charge in [0.05, 0.1) is 24.1 Å². The predicted molar refractivity (Wildman–Crippen MR) is 86.8 cm³/mol. The van der Waals surface area contributed by atoms with Gasteiger partial charge in [0.2, 0.25) is 10.0 Å². The third-order valence-electron chi connectivity index (χ3n) is 3.87. The molecule has 6 nitrogen and oxygen atoms in total. The Labute approximate surface area is 140 Å². The summed E-state index contributed by atoms with van der Waals surface area (Å²) in [6.07, 6.45) is -0.0898. The quantitative estimate of drug-likeness (QED) is 0.892. The van der Waals surface area contributed by atoms with Gasteiger partial charge in [-0.1, -0.05) is 23.7 Å². The molecule has 0 unspecified atom stereocenters. The molecule has 1 aliphatic heterocycles. The van der Waals surface area contributed by atoms with Gasteiger partial charge < -0.3 is 4.74 Å². The van der Waals surface area contributed by atoms with Gasteiger partial charge >= 0.3 is 0 Å². The molecule has 0 atom stereocenters. The third-order valence-corrected chi connectivity index (χ3v) is 6.22. The van der Waals surface area contributed by atoms with Crippen LogP contribution in [0.2, 0.25) is 5.02 Å². The number of ether oxygens (including phenoxy) is 1. The topological polar surface area (TPSA) is 75.3 Å². The van der Waals surface area contributed by atoms with Gasteiger partial charge in [-0.2, -0.15) is 9.40 Å². The highest BCUT2D eigenvalue weighted by molar-refractivity contribution is 7.89. The monoisotopic (exact) mass is 355 g/mol. The summed E-state index contributed by atoms with van der Waals surface area (Å²) >= 11 is 5.83. The van der Waals surface area contributed by atoms with Crippen LogP contribution in [0, 0.1) is 13.8 Å². The molecule has 0 spiro atoms. The zero-order valence-electron chi connectivity index (χ0n) is 12.9. The number of nitrogens with one attached hydrogen (secondary N) is 1. The molecule has 0 radical (unpaired) electrons. The Bertz CT molecular complexity index is 776. The van der Waals surface area contributed by atoms with Gasteiger partial charge in [0.25, 0.3) is 0 Å². The van der Waals surface area contributed by atoms with Gasteiger partial charge in [0.15, 0.2) is 0 Å². The maximum absolute atomic E-state index is 12.6. The van der Waals surface area contributed by atoms with Crippen LogP contribution in [0.4, 0.5) is 0 Å². The number of nitrogens with zero attached hydrogens (tertiary/aromatic N) is 2. The van der Waals surface area contributed by atoms with Gasteiger partial charge in [-0.25, -0.2) is 8.42 Å². The van der Waals surface area contributed by atoms with Crippen LogP contribution < -0.4 is 0 Å². The fraction of sp³-hybridized carbons (Fsp3) is 0.400. The number of H-pyrrole nitrogens is 1. The van der Waals surface area contributed by atoms with Crippen molar-refractivity contribution in [1.82, 2.24) is 14.5 Å². The third kappa shape index (κ3) is 3.28. The van der Waals surface area contributed by atoms with E-state index in [9.17, 15) is 8.42 Å². The van der Waals surface area contributed by atoms with Crippen LogP contribution in [0.15, 0.2) is 29.2 Å². The lowest BCUT2D eigenvalue weighted by Gasteiger charge is -2.37. The zero-order chi connectivity index (χ0) is 16.6. The molecular formula is C15H18ClN3O3S. The maximum Gasteiger partial charge on any atom is 0.246 e. The fourth-order valence-corrected chi connectivity index (χ4v) is 4.51. The second-order valence-corrected chi connectivity index (χ2v) is 7.96. The number of aromatic amines is 1. The maximum atomic E-state index is 12.6. The van der Waals surface area contributed by atoms with E-state index in [2.05, 4.69) is 10.2 Å². The normalized spacial score (nSPS) is 16.5. The van der Waals surface area contributed by atoms with E-state index in [1.165, 1.54) is 4.31 Å². The van der Waals surface area contributed by atoms with Crippen molar-refractivity contribution < 1.29 is 13.2 Å². The summed E-state index contributed by atoms with van der Waals surface area (Å²) in [6, 6.07) is 7.41. The Morgan fingerprint density at radius 2 is 1.96 bits per heavy atom. The average molecular weight is 356 g/mol. The van der Waals surface area contributed by atoms with E-state index in [1.807, 2.05) is 24.3 Å². The molecular weight excluding hydrogens is 338 g/mol. The van der Waals surface area contributed by atoms with Crippen LogP contribution >= 0.6 is 11.6 Å². The summed E-state index contributed by atoms with van der Waals surface area (Å²) in [5, 5.41) is 7.34. The van der Waals surface area contributed by atoms with E-state index in [0.717, 1.165) is 5.56 Å². The van der Waals surface area contributed by atoms with Crippen molar-refractivity contribution >= 4 is 21.6 Å². The van der Waals surface area contributed by atoms with Crippen LogP contribution in [0.5, 0.6) is 0 Å². The summed E-state index contributed by atoms with van der Waals surface area (Å²) in [4.78, 5) is 0.272. The second-order valence-electron chi connectivity index (χ2n) is 5.64. The molecule has 1 aromatic heterocycles. The lowest BCUT2D eigenvalue weighted by molar-refractivity contribution is -0.0296. The minimum atomic E-state index is -3.50. The first kappa shape index (κ1) is 16.4. The average Bonchev–Trinajstić information content (AvgIpc) is 2.78. The highest BCUT2D eigenvalue weighted by Gasteiger charge is 2.39. The van der Waals surface area contributed by atoms with Crippen molar-refractivity contribution in [2.75, 3.05) is 13.1 Å².